The number of rotatable bonds is 7. The van der Waals surface area contributed by atoms with Crippen molar-refractivity contribution < 1.29 is 4.74 Å². The topological polar surface area (TPSA) is 84.6 Å². The van der Waals surface area contributed by atoms with E-state index < -0.39 is 0 Å². The quantitative estimate of drug-likeness (QED) is 0.509. The maximum Gasteiger partial charge on any atom is 0.294 e. The number of para-hydroxylation sites is 1. The molecular formula is C22H23N5O2S. The molecule has 0 bridgehead atoms. The highest BCUT2D eigenvalue weighted by Crippen LogP contribution is 2.29. The Balaban J connectivity index is 1.55. The summed E-state index contributed by atoms with van der Waals surface area (Å²) >= 11 is 1.54. The number of benzene rings is 1. The number of nitrogens with one attached hydrogen (secondary N) is 1. The molecule has 0 atom stereocenters. The minimum atomic E-state index is -0.223. The molecule has 0 radical (unpaired) electrons. The molecule has 0 aliphatic heterocycles. The molecule has 1 N–H and O–H groups in total. The summed E-state index contributed by atoms with van der Waals surface area (Å²) < 4.78 is 7.08. The van der Waals surface area contributed by atoms with Gasteiger partial charge >= 0.3 is 0 Å². The molecule has 3 aromatic rings. The smallest absolute Gasteiger partial charge is 0.294 e. The number of ether oxygens (including phenoxy) is 1. The molecule has 7 nitrogen and oxygen atoms in total. The van der Waals surface area contributed by atoms with Crippen LogP contribution in [-0.4, -0.2) is 21.4 Å². The summed E-state index contributed by atoms with van der Waals surface area (Å²) in [6.45, 7) is 4.62. The molecule has 0 unspecified atom stereocenters. The molecule has 30 heavy (non-hydrogen) atoms. The summed E-state index contributed by atoms with van der Waals surface area (Å²) in [6, 6.07) is 7.37. The number of hydrogen-bond donors (Lipinski definition) is 1. The Morgan fingerprint density at radius 3 is 2.93 bits per heavy atom. The first-order valence-electron chi connectivity index (χ1n) is 9.90. The van der Waals surface area contributed by atoms with E-state index in [1.54, 1.807) is 17.4 Å². The average molecular weight is 422 g/mol. The van der Waals surface area contributed by atoms with Crippen molar-refractivity contribution in [3.8, 4) is 5.75 Å². The molecule has 1 aromatic carbocycles. The van der Waals surface area contributed by atoms with E-state index in [-0.39, 0.29) is 11.2 Å². The molecule has 1 aliphatic carbocycles. The van der Waals surface area contributed by atoms with Gasteiger partial charge < -0.3 is 4.74 Å². The molecule has 1 aliphatic rings. The molecule has 0 fully saturated rings. The number of azo groups is 1. The van der Waals surface area contributed by atoms with E-state index in [1.807, 2.05) is 37.4 Å². The van der Waals surface area contributed by atoms with Crippen molar-refractivity contribution in [3.05, 3.63) is 74.6 Å². The normalized spacial score (nSPS) is 13.7. The van der Waals surface area contributed by atoms with Crippen molar-refractivity contribution in [1.82, 2.24) is 14.8 Å². The van der Waals surface area contributed by atoms with Gasteiger partial charge in [-0.05, 0) is 44.4 Å². The Labute approximate surface area is 178 Å². The van der Waals surface area contributed by atoms with E-state index in [1.165, 1.54) is 4.68 Å². The highest BCUT2D eigenvalue weighted by atomic mass is 32.1. The third-order valence-electron chi connectivity index (χ3n) is 4.66. The standard InChI is InChI=1S/C22H23N5O2S/c1-3-29-19-12-8-7-11-17(19)24-25-21-15(2)26-27(22(21)28)13-20-23-18(14-30-20)16-9-5-4-6-10-16/h5,7-12,14,26H,3-4,6,13H2,1-2H3. The molecule has 2 aromatic heterocycles. The van der Waals surface area contributed by atoms with Crippen molar-refractivity contribution in [3.63, 3.8) is 0 Å². The van der Waals surface area contributed by atoms with Crippen LogP contribution in [0.2, 0.25) is 0 Å². The highest BCUT2D eigenvalue weighted by Gasteiger charge is 2.14. The van der Waals surface area contributed by atoms with Crippen molar-refractivity contribution in [2.75, 3.05) is 6.61 Å². The molecule has 0 saturated carbocycles. The van der Waals surface area contributed by atoms with Gasteiger partial charge in [0.25, 0.3) is 5.56 Å². The van der Waals surface area contributed by atoms with Crippen LogP contribution in [0.25, 0.3) is 5.57 Å². The zero-order chi connectivity index (χ0) is 20.9. The van der Waals surface area contributed by atoms with E-state index in [2.05, 4.69) is 38.5 Å². The van der Waals surface area contributed by atoms with Crippen LogP contribution in [0.15, 0.2) is 62.9 Å². The van der Waals surface area contributed by atoms with Gasteiger partial charge in [0.1, 0.15) is 16.4 Å². The SMILES string of the molecule is CCOc1ccccc1N=Nc1c(C)[nH]n(Cc2nc(C3=CCCC=C3)cs2)c1=O. The van der Waals surface area contributed by atoms with Gasteiger partial charge in [-0.15, -0.1) is 21.6 Å². The second-order valence-electron chi connectivity index (χ2n) is 6.84. The first-order valence-corrected chi connectivity index (χ1v) is 10.8. The molecule has 2 heterocycles. The molecular weight excluding hydrogens is 398 g/mol. The van der Waals surface area contributed by atoms with Crippen LogP contribution in [0.4, 0.5) is 11.4 Å². The Hall–Kier alpha value is -3.26. The number of aromatic amines is 1. The highest BCUT2D eigenvalue weighted by molar-refractivity contribution is 7.09. The van der Waals surface area contributed by atoms with Gasteiger partial charge in [-0.2, -0.15) is 0 Å². The monoisotopic (exact) mass is 421 g/mol. The van der Waals surface area contributed by atoms with Crippen LogP contribution in [0, 0.1) is 6.92 Å². The van der Waals surface area contributed by atoms with Crippen LogP contribution in [0.1, 0.15) is 36.2 Å². The number of aryl methyl sites for hydroxylation is 1. The molecule has 154 valence electrons. The third-order valence-corrected chi connectivity index (χ3v) is 5.50. The molecule has 0 spiro atoms. The Morgan fingerprint density at radius 1 is 1.27 bits per heavy atom. The lowest BCUT2D eigenvalue weighted by Gasteiger charge is -2.04. The minimum absolute atomic E-state index is 0.223. The first kappa shape index (κ1) is 20.0. The minimum Gasteiger partial charge on any atom is -0.492 e. The fraction of sp³-hybridized carbons (Fsp3) is 0.273. The maximum absolute atomic E-state index is 12.8. The summed E-state index contributed by atoms with van der Waals surface area (Å²) in [5.74, 6) is 0.638. The lowest BCUT2D eigenvalue weighted by atomic mass is 10.1. The fourth-order valence-electron chi connectivity index (χ4n) is 3.20. The summed E-state index contributed by atoms with van der Waals surface area (Å²) in [5.41, 5.74) is 3.40. The third kappa shape index (κ3) is 4.33. The lowest BCUT2D eigenvalue weighted by molar-refractivity contribution is 0.341. The number of aromatic nitrogens is 3. The van der Waals surface area contributed by atoms with E-state index in [0.717, 1.165) is 29.1 Å². The van der Waals surface area contributed by atoms with Crippen molar-refractivity contribution in [2.24, 2.45) is 10.2 Å². The van der Waals surface area contributed by atoms with Crippen molar-refractivity contribution >= 4 is 28.3 Å². The van der Waals surface area contributed by atoms with Gasteiger partial charge in [0.15, 0.2) is 5.69 Å². The molecule has 0 amide bonds. The van der Waals surface area contributed by atoms with Crippen LogP contribution in [0.3, 0.4) is 0 Å². The largest absolute Gasteiger partial charge is 0.492 e. The Bertz CT molecular complexity index is 1180. The van der Waals surface area contributed by atoms with E-state index >= 15 is 0 Å². The van der Waals surface area contributed by atoms with E-state index in [4.69, 9.17) is 4.74 Å². The van der Waals surface area contributed by atoms with Crippen molar-refractivity contribution in [1.29, 1.82) is 0 Å². The maximum atomic E-state index is 12.8. The van der Waals surface area contributed by atoms with Gasteiger partial charge in [-0.1, -0.05) is 30.4 Å². The van der Waals surface area contributed by atoms with Crippen LogP contribution in [-0.2, 0) is 6.54 Å². The number of thiazole rings is 1. The second kappa shape index (κ2) is 9.04. The van der Waals surface area contributed by atoms with E-state index in [0.29, 0.717) is 30.3 Å². The van der Waals surface area contributed by atoms with Gasteiger partial charge in [-0.3, -0.25) is 9.89 Å². The number of hydrogen-bond acceptors (Lipinski definition) is 6. The Kier molecular flexibility index (Phi) is 6.04. The number of nitrogens with zero attached hydrogens (tertiary/aromatic N) is 4. The lowest BCUT2D eigenvalue weighted by Crippen LogP contribution is -2.17. The average Bonchev–Trinajstić information content (AvgIpc) is 3.33. The van der Waals surface area contributed by atoms with E-state index in [9.17, 15) is 4.79 Å². The number of allylic oxidation sites excluding steroid dienone is 4. The Morgan fingerprint density at radius 2 is 2.13 bits per heavy atom. The van der Waals surface area contributed by atoms with Gasteiger partial charge in [0.2, 0.25) is 0 Å². The molecule has 0 saturated heterocycles. The molecule has 4 rings (SSSR count). The predicted molar refractivity (Wildman–Crippen MR) is 119 cm³/mol. The van der Waals surface area contributed by atoms with Gasteiger partial charge in [-0.25, -0.2) is 9.67 Å². The summed E-state index contributed by atoms with van der Waals surface area (Å²) in [7, 11) is 0. The first-order chi connectivity index (χ1) is 14.7. The fourth-order valence-corrected chi connectivity index (χ4v) is 3.99. The van der Waals surface area contributed by atoms with Gasteiger partial charge in [0, 0.05) is 5.38 Å². The molecule has 8 heteroatoms. The zero-order valence-electron chi connectivity index (χ0n) is 17.0. The van der Waals surface area contributed by atoms with Crippen LogP contribution >= 0.6 is 11.3 Å². The number of H-pyrrole nitrogens is 1. The van der Waals surface area contributed by atoms with Crippen molar-refractivity contribution in [2.45, 2.75) is 33.2 Å². The zero-order valence-corrected chi connectivity index (χ0v) is 17.8. The summed E-state index contributed by atoms with van der Waals surface area (Å²) in [6.07, 6.45) is 8.57. The second-order valence-corrected chi connectivity index (χ2v) is 7.79. The summed E-state index contributed by atoms with van der Waals surface area (Å²) in [5, 5.41) is 14.4. The predicted octanol–water partition coefficient (Wildman–Crippen LogP) is 5.54. The van der Waals surface area contributed by atoms with Gasteiger partial charge in [0.05, 0.1) is 24.5 Å². The van der Waals surface area contributed by atoms with Crippen LogP contribution < -0.4 is 10.3 Å². The summed E-state index contributed by atoms with van der Waals surface area (Å²) in [4.78, 5) is 17.5. The van der Waals surface area contributed by atoms with Crippen LogP contribution in [0.5, 0.6) is 5.75 Å².